The van der Waals surface area contributed by atoms with Crippen LogP contribution in [0.5, 0.6) is 23.0 Å². The number of benzene rings is 4. The van der Waals surface area contributed by atoms with Crippen LogP contribution in [-0.2, 0) is 26.2 Å². The molecule has 3 heterocycles. The van der Waals surface area contributed by atoms with Gasteiger partial charge in [-0.1, -0.05) is 102 Å². The lowest BCUT2D eigenvalue weighted by Crippen LogP contribution is -3.00. The minimum Gasteiger partial charge on any atom is -1.00 e. The van der Waals surface area contributed by atoms with Crippen LogP contribution >= 0.6 is 0 Å². The highest BCUT2D eigenvalue weighted by Gasteiger charge is 2.26. The van der Waals surface area contributed by atoms with E-state index in [9.17, 15) is 0 Å². The summed E-state index contributed by atoms with van der Waals surface area (Å²) in [6.45, 7) is 14.4. The summed E-state index contributed by atoms with van der Waals surface area (Å²) in [7, 11) is 0. The molecular weight excluding hydrogens is 912 g/mol. The first-order valence-electron chi connectivity index (χ1n) is 20.4. The standard InChI is InChI=1S/C46H58N4O4.2BrH.5H2O/c1-5-9-21-51-43-25-39-40(26-44(43)52-22-10-6-2)48-30-36-18-15-16-20-38(36)32-50-34-49(31-37-19-14-13-17-35(37)29-47(39)33-48)41-27-45(53-23-11-7-3)46(28-42(41)50)54-24-12-8-4;;;;;;;/h13-20,25-28,33-34H,5-12,21-24,29-32H2,1-4H3;2*1H;5*1H2/q+2;;;;;;;/p-2. The Morgan fingerprint density at radius 2 is 0.738 bits per heavy atom. The van der Waals surface area contributed by atoms with E-state index >= 15 is 0 Å². The van der Waals surface area contributed by atoms with Gasteiger partial charge in [0.1, 0.15) is 26.2 Å². The van der Waals surface area contributed by atoms with Crippen molar-refractivity contribution in [3.63, 3.8) is 0 Å². The van der Waals surface area contributed by atoms with E-state index in [-0.39, 0.29) is 61.3 Å². The second kappa shape index (κ2) is 27.7. The minimum absolute atomic E-state index is 0. The monoisotopic (exact) mass is 978 g/mol. The molecule has 0 saturated carbocycles. The van der Waals surface area contributed by atoms with Gasteiger partial charge < -0.3 is 80.3 Å². The highest BCUT2D eigenvalue weighted by Crippen LogP contribution is 2.35. The van der Waals surface area contributed by atoms with Crippen LogP contribution in [0.4, 0.5) is 0 Å². The van der Waals surface area contributed by atoms with Crippen molar-refractivity contribution in [1.29, 1.82) is 0 Å². The van der Waals surface area contributed by atoms with Gasteiger partial charge in [0.2, 0.25) is 12.7 Å². The van der Waals surface area contributed by atoms with E-state index in [2.05, 4.69) is 131 Å². The van der Waals surface area contributed by atoms with Gasteiger partial charge >= 0.3 is 0 Å². The summed E-state index contributed by atoms with van der Waals surface area (Å²) in [6.07, 6.45) is 12.9. The van der Waals surface area contributed by atoms with Crippen LogP contribution in [0.15, 0.2) is 85.5 Å². The molecule has 0 spiro atoms. The lowest BCUT2D eigenvalue weighted by atomic mass is 10.1. The van der Waals surface area contributed by atoms with Crippen molar-refractivity contribution in [3.8, 4) is 23.0 Å². The fraction of sp³-hybridized carbons (Fsp3) is 0.435. The molecule has 61 heavy (non-hydrogen) atoms. The van der Waals surface area contributed by atoms with Crippen molar-refractivity contribution in [2.45, 2.75) is 105 Å². The fourth-order valence-electron chi connectivity index (χ4n) is 7.31. The molecule has 4 aromatic carbocycles. The van der Waals surface area contributed by atoms with Gasteiger partial charge in [0.15, 0.2) is 45.1 Å². The number of halogens is 2. The number of nitrogens with zero attached hydrogens (tertiary/aromatic N) is 4. The summed E-state index contributed by atoms with van der Waals surface area (Å²) in [5.41, 5.74) is 9.67. The number of unbranched alkanes of at least 4 members (excludes halogenated alkanes) is 4. The zero-order valence-electron chi connectivity index (χ0n) is 36.1. The summed E-state index contributed by atoms with van der Waals surface area (Å²) in [4.78, 5) is 0. The van der Waals surface area contributed by atoms with Crippen molar-refractivity contribution >= 4 is 22.1 Å². The third-order valence-electron chi connectivity index (χ3n) is 10.5. The van der Waals surface area contributed by atoms with Gasteiger partial charge in [-0.15, -0.1) is 0 Å². The van der Waals surface area contributed by atoms with Crippen molar-refractivity contribution < 1.29 is 89.4 Å². The molecule has 15 heteroatoms. The Balaban J connectivity index is 0.00000514. The maximum absolute atomic E-state index is 6.42. The molecule has 2 aromatic heterocycles. The van der Waals surface area contributed by atoms with E-state index in [0.29, 0.717) is 26.4 Å². The maximum atomic E-state index is 6.42. The third-order valence-corrected chi connectivity index (χ3v) is 10.5. The highest BCUT2D eigenvalue weighted by atomic mass is 79.9. The highest BCUT2D eigenvalue weighted by molar-refractivity contribution is 5.78. The van der Waals surface area contributed by atoms with Gasteiger partial charge in [-0.05, 0) is 25.7 Å². The van der Waals surface area contributed by atoms with Crippen molar-refractivity contribution in [3.05, 3.63) is 108 Å². The Bertz CT molecular complexity index is 1900. The van der Waals surface area contributed by atoms with E-state index in [1.807, 2.05) is 0 Å². The van der Waals surface area contributed by atoms with E-state index in [4.69, 9.17) is 18.9 Å². The molecule has 0 unspecified atom stereocenters. The first-order valence-corrected chi connectivity index (χ1v) is 20.4. The molecule has 0 saturated heterocycles. The van der Waals surface area contributed by atoms with Crippen molar-refractivity contribution in [2.75, 3.05) is 26.4 Å². The van der Waals surface area contributed by atoms with Crippen LogP contribution in [-0.4, -0.2) is 62.9 Å². The smallest absolute Gasteiger partial charge is 0.245 e. The molecule has 340 valence electrons. The number of fused-ring (bicyclic) bond motifs is 12. The molecule has 6 aromatic rings. The number of hydrogen-bond donors (Lipinski definition) is 0. The van der Waals surface area contributed by atoms with Crippen LogP contribution in [0.3, 0.4) is 0 Å². The fourth-order valence-corrected chi connectivity index (χ4v) is 7.31. The van der Waals surface area contributed by atoms with Crippen molar-refractivity contribution in [1.82, 2.24) is 9.13 Å². The third kappa shape index (κ3) is 13.4. The molecule has 7 rings (SSSR count). The zero-order chi connectivity index (χ0) is 37.3. The van der Waals surface area contributed by atoms with E-state index in [0.717, 1.165) is 123 Å². The van der Waals surface area contributed by atoms with Crippen LogP contribution in [0, 0.1) is 0 Å². The Kier molecular flexibility index (Phi) is 25.8. The number of imidazole rings is 2. The second-order valence-corrected chi connectivity index (χ2v) is 14.7. The van der Waals surface area contributed by atoms with E-state index in [1.165, 1.54) is 22.3 Å². The van der Waals surface area contributed by atoms with E-state index in [1.54, 1.807) is 0 Å². The number of ether oxygens (including phenoxy) is 4. The van der Waals surface area contributed by atoms with Gasteiger partial charge in [0.25, 0.3) is 0 Å². The van der Waals surface area contributed by atoms with Crippen LogP contribution < -0.4 is 62.0 Å². The van der Waals surface area contributed by atoms with Crippen LogP contribution in [0.25, 0.3) is 22.1 Å². The van der Waals surface area contributed by atoms with Gasteiger partial charge in [0, 0.05) is 46.5 Å². The lowest BCUT2D eigenvalue weighted by molar-refractivity contribution is -0.664. The average Bonchev–Trinajstić information content (AvgIpc) is 3.68. The topological polar surface area (TPSA) is 212 Å². The van der Waals surface area contributed by atoms with Gasteiger partial charge in [-0.2, -0.15) is 0 Å². The molecule has 10 N–H and O–H groups in total. The second-order valence-electron chi connectivity index (χ2n) is 14.7. The summed E-state index contributed by atoms with van der Waals surface area (Å²) in [5.74, 6) is 3.29. The Morgan fingerprint density at radius 1 is 0.443 bits per heavy atom. The summed E-state index contributed by atoms with van der Waals surface area (Å²) < 4.78 is 35.2. The van der Waals surface area contributed by atoms with Gasteiger partial charge in [-0.3, -0.25) is 0 Å². The Hall–Kier alpha value is -4.22. The zero-order valence-corrected chi connectivity index (χ0v) is 39.2. The molecule has 0 atom stereocenters. The molecule has 0 fully saturated rings. The molecule has 0 aliphatic carbocycles. The molecule has 1 aliphatic rings. The number of rotatable bonds is 16. The summed E-state index contributed by atoms with van der Waals surface area (Å²) >= 11 is 0. The first kappa shape index (κ1) is 56.8. The normalized spacial score (nSPS) is 11.2. The summed E-state index contributed by atoms with van der Waals surface area (Å²) in [6, 6.07) is 26.5. The minimum atomic E-state index is 0. The Morgan fingerprint density at radius 3 is 1.05 bits per heavy atom. The molecule has 4 bridgehead atoms. The molecule has 1 aliphatic heterocycles. The van der Waals surface area contributed by atoms with E-state index < -0.39 is 0 Å². The Labute approximate surface area is 381 Å². The molecule has 0 radical (unpaired) electrons. The average molecular weight is 981 g/mol. The first-order chi connectivity index (χ1) is 26.6. The predicted molar refractivity (Wildman–Crippen MR) is 233 cm³/mol. The van der Waals surface area contributed by atoms with Crippen molar-refractivity contribution in [2.24, 2.45) is 0 Å². The largest absolute Gasteiger partial charge is 1.00 e. The predicted octanol–water partition coefficient (Wildman–Crippen LogP) is -0.722. The number of hydrogen-bond acceptors (Lipinski definition) is 4. The van der Waals surface area contributed by atoms with Crippen LogP contribution in [0.1, 0.15) is 101 Å². The molecular formula is C46H68Br2N4O9. The maximum Gasteiger partial charge on any atom is 0.245 e. The number of aromatic nitrogens is 4. The molecule has 0 amide bonds. The van der Waals surface area contributed by atoms with Crippen LogP contribution in [0.2, 0.25) is 0 Å². The lowest BCUT2D eigenvalue weighted by Gasteiger charge is -2.13. The van der Waals surface area contributed by atoms with Gasteiger partial charge in [-0.25, -0.2) is 18.3 Å². The van der Waals surface area contributed by atoms with Gasteiger partial charge in [0.05, 0.1) is 26.4 Å². The molecule has 13 nitrogen and oxygen atoms in total. The summed E-state index contributed by atoms with van der Waals surface area (Å²) in [5, 5.41) is 0. The quantitative estimate of drug-likeness (QED) is 0.0907. The SMILES string of the molecule is CCCCOc1cc2c(cc1OCCCC)[n+]1cn2Cc2ccccc2C[n+]2cn(c3cc(OCCCC)c(OCCCC)cc32)Cc2ccccc2C1.O.O.O.O.O.[Br-].[Br-].